The van der Waals surface area contributed by atoms with Gasteiger partial charge in [0.05, 0.1) is 0 Å². The second kappa shape index (κ2) is 3.51. The lowest BCUT2D eigenvalue weighted by molar-refractivity contribution is -0.130. The zero-order chi connectivity index (χ0) is 11.1. The highest BCUT2D eigenvalue weighted by Gasteiger charge is 2.37. The fraction of sp³-hybridized carbons (Fsp3) is 0.462. The Balaban J connectivity index is 2.00. The molecule has 0 N–H and O–H groups in total. The average molecular weight is 216 g/mol. The van der Waals surface area contributed by atoms with Crippen molar-refractivity contribution in [1.29, 1.82) is 0 Å². The standard InChI is InChI=1S/C13H16N2O/c1-14-7-4-8-15-11-6-3-2-5-10(11)9-12(15)13(14)16/h2-3,5-6,12H,4,7-9H2,1H3. The van der Waals surface area contributed by atoms with E-state index in [-0.39, 0.29) is 11.9 Å². The number of fused-ring (bicyclic) bond motifs is 3. The maximum atomic E-state index is 12.2. The Hall–Kier alpha value is -1.51. The Morgan fingerprint density at radius 1 is 1.25 bits per heavy atom. The Morgan fingerprint density at radius 3 is 2.94 bits per heavy atom. The highest BCUT2D eigenvalue weighted by molar-refractivity contribution is 5.88. The van der Waals surface area contributed by atoms with Gasteiger partial charge in [-0.25, -0.2) is 0 Å². The summed E-state index contributed by atoms with van der Waals surface area (Å²) in [5.74, 6) is 0.272. The number of hydrogen-bond donors (Lipinski definition) is 0. The van der Waals surface area contributed by atoms with Gasteiger partial charge in [-0.15, -0.1) is 0 Å². The minimum Gasteiger partial charge on any atom is -0.359 e. The lowest BCUT2D eigenvalue weighted by Gasteiger charge is -2.24. The van der Waals surface area contributed by atoms with Crippen molar-refractivity contribution in [2.75, 3.05) is 25.0 Å². The minimum atomic E-state index is 0.0462. The first-order valence-electron chi connectivity index (χ1n) is 5.87. The summed E-state index contributed by atoms with van der Waals surface area (Å²) in [4.78, 5) is 16.3. The molecule has 1 saturated heterocycles. The van der Waals surface area contributed by atoms with Crippen molar-refractivity contribution in [3.8, 4) is 0 Å². The molecule has 1 unspecified atom stereocenters. The Kier molecular flexibility index (Phi) is 2.13. The predicted molar refractivity (Wildman–Crippen MR) is 63.5 cm³/mol. The van der Waals surface area contributed by atoms with E-state index in [9.17, 15) is 4.79 Å². The van der Waals surface area contributed by atoms with Crippen molar-refractivity contribution < 1.29 is 4.79 Å². The summed E-state index contributed by atoms with van der Waals surface area (Å²) in [5, 5.41) is 0. The number of nitrogens with zero attached hydrogens (tertiary/aromatic N) is 2. The SMILES string of the molecule is CN1CCCN2c3ccccc3CC2C1=O. The van der Waals surface area contributed by atoms with Gasteiger partial charge in [0.2, 0.25) is 5.91 Å². The van der Waals surface area contributed by atoms with E-state index in [1.165, 1.54) is 11.3 Å². The fourth-order valence-corrected chi connectivity index (χ4v) is 2.79. The summed E-state index contributed by atoms with van der Waals surface area (Å²) in [6.45, 7) is 1.88. The summed E-state index contributed by atoms with van der Waals surface area (Å²) >= 11 is 0. The van der Waals surface area contributed by atoms with Crippen LogP contribution in [-0.2, 0) is 11.2 Å². The number of likely N-dealkylation sites (N-methyl/N-ethyl adjacent to an activating group) is 1. The summed E-state index contributed by atoms with van der Waals surface area (Å²) in [7, 11) is 1.91. The molecule has 1 aromatic carbocycles. The summed E-state index contributed by atoms with van der Waals surface area (Å²) < 4.78 is 0. The molecule has 2 heterocycles. The second-order valence-corrected chi connectivity index (χ2v) is 4.66. The maximum Gasteiger partial charge on any atom is 0.245 e. The quantitative estimate of drug-likeness (QED) is 0.652. The predicted octanol–water partition coefficient (Wildman–Crippen LogP) is 1.28. The summed E-state index contributed by atoms with van der Waals surface area (Å²) in [6.07, 6.45) is 1.94. The number of amides is 1. The van der Waals surface area contributed by atoms with E-state index in [2.05, 4.69) is 29.2 Å². The molecule has 3 nitrogen and oxygen atoms in total. The first-order valence-corrected chi connectivity index (χ1v) is 5.87. The Labute approximate surface area is 95.7 Å². The van der Waals surface area contributed by atoms with Crippen LogP contribution in [0.4, 0.5) is 5.69 Å². The second-order valence-electron chi connectivity index (χ2n) is 4.66. The molecular weight excluding hydrogens is 200 g/mol. The van der Waals surface area contributed by atoms with E-state index < -0.39 is 0 Å². The monoisotopic (exact) mass is 216 g/mol. The van der Waals surface area contributed by atoms with Crippen molar-refractivity contribution in [3.05, 3.63) is 29.8 Å². The van der Waals surface area contributed by atoms with Gasteiger partial charge in [0.25, 0.3) is 0 Å². The van der Waals surface area contributed by atoms with Gasteiger partial charge < -0.3 is 9.80 Å². The molecule has 1 aromatic rings. The molecule has 1 amide bonds. The van der Waals surface area contributed by atoms with Crippen molar-refractivity contribution in [2.45, 2.75) is 18.9 Å². The highest BCUT2D eigenvalue weighted by atomic mass is 16.2. The third kappa shape index (κ3) is 1.31. The molecule has 3 heteroatoms. The van der Waals surface area contributed by atoms with Crippen LogP contribution in [0.5, 0.6) is 0 Å². The molecule has 0 spiro atoms. The van der Waals surface area contributed by atoms with Gasteiger partial charge in [-0.3, -0.25) is 4.79 Å². The van der Waals surface area contributed by atoms with Crippen LogP contribution in [0, 0.1) is 0 Å². The van der Waals surface area contributed by atoms with Crippen molar-refractivity contribution in [3.63, 3.8) is 0 Å². The number of benzene rings is 1. The maximum absolute atomic E-state index is 12.2. The number of para-hydroxylation sites is 1. The van der Waals surface area contributed by atoms with Crippen LogP contribution in [0.2, 0.25) is 0 Å². The van der Waals surface area contributed by atoms with E-state index in [1.54, 1.807) is 0 Å². The third-order valence-corrected chi connectivity index (χ3v) is 3.64. The smallest absolute Gasteiger partial charge is 0.245 e. The molecule has 3 rings (SSSR count). The lowest BCUT2D eigenvalue weighted by atomic mass is 10.1. The fourth-order valence-electron chi connectivity index (χ4n) is 2.79. The zero-order valence-electron chi connectivity index (χ0n) is 9.52. The normalized spacial score (nSPS) is 24.1. The molecule has 0 radical (unpaired) electrons. The van der Waals surface area contributed by atoms with Gasteiger partial charge in [0, 0.05) is 32.2 Å². The molecule has 1 atom stereocenters. The van der Waals surface area contributed by atoms with Crippen LogP contribution in [0.15, 0.2) is 24.3 Å². The molecule has 2 aliphatic rings. The number of anilines is 1. The molecule has 0 aliphatic carbocycles. The van der Waals surface area contributed by atoms with Crippen LogP contribution >= 0.6 is 0 Å². The first-order chi connectivity index (χ1) is 7.77. The van der Waals surface area contributed by atoms with Crippen LogP contribution < -0.4 is 4.90 Å². The van der Waals surface area contributed by atoms with Gasteiger partial charge >= 0.3 is 0 Å². The van der Waals surface area contributed by atoms with Gasteiger partial charge in [-0.05, 0) is 18.1 Å². The van der Waals surface area contributed by atoms with Crippen LogP contribution in [-0.4, -0.2) is 37.0 Å². The van der Waals surface area contributed by atoms with Gasteiger partial charge in [0.15, 0.2) is 0 Å². The molecule has 16 heavy (non-hydrogen) atoms. The Bertz CT molecular complexity index is 430. The van der Waals surface area contributed by atoms with Crippen molar-refractivity contribution in [2.24, 2.45) is 0 Å². The summed E-state index contributed by atoms with van der Waals surface area (Å²) in [5.41, 5.74) is 2.58. The van der Waals surface area contributed by atoms with Crippen molar-refractivity contribution >= 4 is 11.6 Å². The van der Waals surface area contributed by atoms with Crippen molar-refractivity contribution in [1.82, 2.24) is 4.90 Å². The van der Waals surface area contributed by atoms with E-state index in [0.717, 1.165) is 25.9 Å². The number of hydrogen-bond acceptors (Lipinski definition) is 2. The Morgan fingerprint density at radius 2 is 2.06 bits per heavy atom. The number of carbonyl (C=O) groups is 1. The lowest BCUT2D eigenvalue weighted by Crippen LogP contribution is -2.42. The van der Waals surface area contributed by atoms with Crippen LogP contribution in [0.3, 0.4) is 0 Å². The molecule has 2 aliphatic heterocycles. The highest BCUT2D eigenvalue weighted by Crippen LogP contribution is 2.33. The first kappa shape index (κ1) is 9.70. The van der Waals surface area contributed by atoms with Crippen LogP contribution in [0.1, 0.15) is 12.0 Å². The minimum absolute atomic E-state index is 0.0462. The molecule has 1 fully saturated rings. The largest absolute Gasteiger partial charge is 0.359 e. The van der Waals surface area contributed by atoms with Crippen LogP contribution in [0.25, 0.3) is 0 Å². The molecule has 0 bridgehead atoms. The molecular formula is C13H16N2O. The van der Waals surface area contributed by atoms with E-state index in [1.807, 2.05) is 11.9 Å². The van der Waals surface area contributed by atoms with E-state index in [0.29, 0.717) is 0 Å². The number of rotatable bonds is 0. The van der Waals surface area contributed by atoms with Gasteiger partial charge in [-0.1, -0.05) is 18.2 Å². The molecule has 0 saturated carbocycles. The van der Waals surface area contributed by atoms with Gasteiger partial charge in [0.1, 0.15) is 6.04 Å². The summed E-state index contributed by atoms with van der Waals surface area (Å²) in [6, 6.07) is 8.43. The average Bonchev–Trinajstić information content (AvgIpc) is 2.61. The molecule has 0 aromatic heterocycles. The van der Waals surface area contributed by atoms with E-state index >= 15 is 0 Å². The van der Waals surface area contributed by atoms with Gasteiger partial charge in [-0.2, -0.15) is 0 Å². The zero-order valence-corrected chi connectivity index (χ0v) is 9.52. The van der Waals surface area contributed by atoms with E-state index in [4.69, 9.17) is 0 Å². The number of carbonyl (C=O) groups excluding carboxylic acids is 1. The molecule has 84 valence electrons. The third-order valence-electron chi connectivity index (χ3n) is 3.64. The topological polar surface area (TPSA) is 23.6 Å².